The molecular formula is C18H20ClNO5S. The monoisotopic (exact) mass is 397 g/mol. The number of hydrogen-bond acceptors (Lipinski definition) is 6. The second kappa shape index (κ2) is 7.12. The molecule has 2 unspecified atom stereocenters. The van der Waals surface area contributed by atoms with E-state index >= 15 is 0 Å². The maximum Gasteiger partial charge on any atom is 0.179 e. The number of benzene rings is 1. The number of sulfone groups is 1. The highest BCUT2D eigenvalue weighted by atomic mass is 35.5. The summed E-state index contributed by atoms with van der Waals surface area (Å²) in [6, 6.07) is 2.90. The van der Waals surface area contributed by atoms with E-state index < -0.39 is 21.1 Å². The Morgan fingerprint density at radius 3 is 2.69 bits per heavy atom. The number of nitrogens with zero attached hydrogens (tertiary/aromatic N) is 1. The van der Waals surface area contributed by atoms with Crippen LogP contribution in [-0.4, -0.2) is 43.9 Å². The van der Waals surface area contributed by atoms with Gasteiger partial charge in [0.05, 0.1) is 27.7 Å². The predicted molar refractivity (Wildman–Crippen MR) is 97.7 cm³/mol. The lowest BCUT2D eigenvalue weighted by Crippen LogP contribution is -2.36. The molecule has 1 heterocycles. The van der Waals surface area contributed by atoms with E-state index in [4.69, 9.17) is 16.4 Å². The van der Waals surface area contributed by atoms with Gasteiger partial charge in [-0.25, -0.2) is 8.42 Å². The standard InChI is InChI=1S/C18H20ClNO5S/c1-10-11(18(22)17-12(19)4-3-5-14(17)21)6-7-15-16(10)13(20-25-2)8-9-26(15,23)24/h6-7,12,17H,3-5,8-9H2,1-2H3. The zero-order valence-corrected chi connectivity index (χ0v) is 16.2. The third kappa shape index (κ3) is 3.18. The number of halogens is 1. The summed E-state index contributed by atoms with van der Waals surface area (Å²) in [5, 5.41) is 3.41. The molecule has 140 valence electrons. The van der Waals surface area contributed by atoms with E-state index in [9.17, 15) is 18.0 Å². The van der Waals surface area contributed by atoms with Crippen LogP contribution < -0.4 is 0 Å². The Morgan fingerprint density at radius 2 is 2.04 bits per heavy atom. The third-order valence-corrected chi connectivity index (χ3v) is 7.24. The van der Waals surface area contributed by atoms with Gasteiger partial charge in [0.2, 0.25) is 0 Å². The zero-order valence-electron chi connectivity index (χ0n) is 14.6. The molecule has 0 aromatic heterocycles. The Hall–Kier alpha value is -1.73. The van der Waals surface area contributed by atoms with E-state index in [1.165, 1.54) is 19.2 Å². The van der Waals surface area contributed by atoms with E-state index in [1.807, 2.05) is 0 Å². The minimum Gasteiger partial charge on any atom is -0.399 e. The van der Waals surface area contributed by atoms with Crippen molar-refractivity contribution in [2.45, 2.75) is 42.9 Å². The van der Waals surface area contributed by atoms with Gasteiger partial charge in [0, 0.05) is 24.0 Å². The molecule has 0 radical (unpaired) electrons. The van der Waals surface area contributed by atoms with Crippen LogP contribution in [0.5, 0.6) is 0 Å². The Bertz CT molecular complexity index is 906. The molecule has 8 heteroatoms. The lowest BCUT2D eigenvalue weighted by atomic mass is 9.80. The van der Waals surface area contributed by atoms with Crippen LogP contribution in [0.3, 0.4) is 0 Å². The molecule has 1 aliphatic carbocycles. The van der Waals surface area contributed by atoms with E-state index in [-0.39, 0.29) is 28.6 Å². The molecule has 6 nitrogen and oxygen atoms in total. The van der Waals surface area contributed by atoms with E-state index in [0.717, 1.165) is 0 Å². The number of Topliss-reactive ketones (excluding diaryl/α,β-unsaturated/α-hetero) is 2. The van der Waals surface area contributed by atoms with Crippen molar-refractivity contribution in [2.75, 3.05) is 12.9 Å². The zero-order chi connectivity index (χ0) is 19.1. The summed E-state index contributed by atoms with van der Waals surface area (Å²) in [6.45, 7) is 1.68. The van der Waals surface area contributed by atoms with Crippen molar-refractivity contribution in [1.82, 2.24) is 0 Å². The lowest BCUT2D eigenvalue weighted by molar-refractivity contribution is -0.122. The highest BCUT2D eigenvalue weighted by Crippen LogP contribution is 2.34. The molecule has 1 aliphatic heterocycles. The van der Waals surface area contributed by atoms with Crippen molar-refractivity contribution in [3.05, 3.63) is 28.8 Å². The minimum atomic E-state index is -3.45. The van der Waals surface area contributed by atoms with Crippen molar-refractivity contribution in [2.24, 2.45) is 11.1 Å². The van der Waals surface area contributed by atoms with Crippen molar-refractivity contribution in [3.8, 4) is 0 Å². The van der Waals surface area contributed by atoms with Crippen LogP contribution in [0.25, 0.3) is 0 Å². The van der Waals surface area contributed by atoms with Gasteiger partial charge >= 0.3 is 0 Å². The van der Waals surface area contributed by atoms with Crippen LogP contribution in [0.2, 0.25) is 0 Å². The Labute approximate surface area is 157 Å². The number of carbonyl (C=O) groups is 2. The molecular weight excluding hydrogens is 378 g/mol. The van der Waals surface area contributed by atoms with Gasteiger partial charge in [0.15, 0.2) is 15.6 Å². The van der Waals surface area contributed by atoms with Crippen LogP contribution in [-0.2, 0) is 19.5 Å². The summed E-state index contributed by atoms with van der Waals surface area (Å²) in [6.07, 6.45) is 1.85. The van der Waals surface area contributed by atoms with Gasteiger partial charge in [-0.1, -0.05) is 5.16 Å². The van der Waals surface area contributed by atoms with Crippen LogP contribution in [0, 0.1) is 12.8 Å². The molecule has 3 rings (SSSR count). The Balaban J connectivity index is 2.14. The number of oxime groups is 1. The highest BCUT2D eigenvalue weighted by Gasteiger charge is 2.39. The van der Waals surface area contributed by atoms with Crippen LogP contribution in [0.15, 0.2) is 22.2 Å². The molecule has 0 bridgehead atoms. The van der Waals surface area contributed by atoms with Gasteiger partial charge in [0.25, 0.3) is 0 Å². The van der Waals surface area contributed by atoms with E-state index in [0.29, 0.717) is 41.7 Å². The van der Waals surface area contributed by atoms with Crippen molar-refractivity contribution < 1.29 is 22.8 Å². The summed E-state index contributed by atoms with van der Waals surface area (Å²) in [4.78, 5) is 30.3. The fourth-order valence-electron chi connectivity index (χ4n) is 3.71. The normalized spacial score (nSPS) is 26.4. The summed E-state index contributed by atoms with van der Waals surface area (Å²) in [5.74, 6) is -1.45. The fourth-order valence-corrected chi connectivity index (χ4v) is 5.66. The Kier molecular flexibility index (Phi) is 5.21. The van der Waals surface area contributed by atoms with Crippen molar-refractivity contribution >= 4 is 38.7 Å². The maximum absolute atomic E-state index is 13.0. The average Bonchev–Trinajstić information content (AvgIpc) is 2.57. The largest absolute Gasteiger partial charge is 0.399 e. The lowest BCUT2D eigenvalue weighted by Gasteiger charge is -2.26. The van der Waals surface area contributed by atoms with E-state index in [1.54, 1.807) is 6.92 Å². The molecule has 0 N–H and O–H groups in total. The first-order valence-corrected chi connectivity index (χ1v) is 10.5. The molecule has 2 aliphatic rings. The van der Waals surface area contributed by atoms with Gasteiger partial charge in [-0.05, 0) is 37.5 Å². The molecule has 0 saturated heterocycles. The second-order valence-corrected chi connectivity index (χ2v) is 9.26. The summed E-state index contributed by atoms with van der Waals surface area (Å²) in [7, 11) is -2.06. The first kappa shape index (κ1) is 19.0. The first-order valence-electron chi connectivity index (χ1n) is 8.45. The number of hydrogen-bond donors (Lipinski definition) is 0. The number of ketones is 2. The topological polar surface area (TPSA) is 89.9 Å². The van der Waals surface area contributed by atoms with Gasteiger partial charge in [-0.15, -0.1) is 11.6 Å². The molecule has 1 saturated carbocycles. The average molecular weight is 398 g/mol. The van der Waals surface area contributed by atoms with Crippen molar-refractivity contribution in [1.29, 1.82) is 0 Å². The van der Waals surface area contributed by atoms with Gasteiger partial charge in [-0.3, -0.25) is 9.59 Å². The SMILES string of the molecule is CON=C1CCS(=O)(=O)c2ccc(C(=O)C3C(=O)CCCC3Cl)c(C)c21. The van der Waals surface area contributed by atoms with Gasteiger partial charge in [-0.2, -0.15) is 0 Å². The van der Waals surface area contributed by atoms with Gasteiger partial charge < -0.3 is 4.84 Å². The summed E-state index contributed by atoms with van der Waals surface area (Å²) < 4.78 is 24.8. The molecule has 1 aromatic rings. The first-order chi connectivity index (χ1) is 12.3. The number of rotatable bonds is 3. The molecule has 2 atom stereocenters. The smallest absolute Gasteiger partial charge is 0.179 e. The number of fused-ring (bicyclic) bond motifs is 1. The number of alkyl halides is 1. The molecule has 1 aromatic carbocycles. The predicted octanol–water partition coefficient (Wildman–Crippen LogP) is 2.68. The maximum atomic E-state index is 13.0. The van der Waals surface area contributed by atoms with Gasteiger partial charge in [0.1, 0.15) is 12.9 Å². The molecule has 26 heavy (non-hydrogen) atoms. The number of carbonyl (C=O) groups excluding carboxylic acids is 2. The molecule has 0 amide bonds. The quantitative estimate of drug-likeness (QED) is 0.338. The summed E-state index contributed by atoms with van der Waals surface area (Å²) in [5.41, 5.74) is 1.70. The Morgan fingerprint density at radius 1 is 1.31 bits per heavy atom. The summed E-state index contributed by atoms with van der Waals surface area (Å²) >= 11 is 6.26. The molecule has 1 fully saturated rings. The third-order valence-electron chi connectivity index (χ3n) is 5.02. The minimum absolute atomic E-state index is 0.0558. The van der Waals surface area contributed by atoms with Crippen LogP contribution >= 0.6 is 11.6 Å². The second-order valence-electron chi connectivity index (χ2n) is 6.62. The van der Waals surface area contributed by atoms with Crippen molar-refractivity contribution in [3.63, 3.8) is 0 Å². The fraction of sp³-hybridized carbons (Fsp3) is 0.500. The van der Waals surface area contributed by atoms with Crippen LogP contribution in [0.1, 0.15) is 47.2 Å². The van der Waals surface area contributed by atoms with E-state index in [2.05, 4.69) is 5.16 Å². The van der Waals surface area contributed by atoms with Crippen LogP contribution in [0.4, 0.5) is 0 Å². The molecule has 0 spiro atoms. The highest BCUT2D eigenvalue weighted by molar-refractivity contribution is 7.91.